The second kappa shape index (κ2) is 6.16. The Bertz CT molecular complexity index is 866. The smallest absolute Gasteiger partial charge is 0.222 e. The van der Waals surface area contributed by atoms with E-state index in [1.54, 1.807) is 0 Å². The van der Waals surface area contributed by atoms with Crippen LogP contribution in [0.5, 0.6) is 0 Å². The average molecular weight is 318 g/mol. The fourth-order valence-electron chi connectivity index (χ4n) is 3.87. The minimum absolute atomic E-state index is 0.0935. The fraction of sp³-hybridized carbons (Fsp3) is 0.286. The van der Waals surface area contributed by atoms with Crippen molar-refractivity contribution in [1.82, 2.24) is 9.88 Å². The molecule has 0 aliphatic carbocycles. The molecule has 0 saturated heterocycles. The van der Waals surface area contributed by atoms with Gasteiger partial charge in [0.15, 0.2) is 0 Å². The van der Waals surface area contributed by atoms with Gasteiger partial charge >= 0.3 is 0 Å². The van der Waals surface area contributed by atoms with Crippen LogP contribution in [0, 0.1) is 0 Å². The highest BCUT2D eigenvalue weighted by Crippen LogP contribution is 2.36. The molecular weight excluding hydrogens is 296 g/mol. The number of amides is 1. The Morgan fingerprint density at radius 3 is 2.67 bits per heavy atom. The Kier molecular flexibility index (Phi) is 3.85. The van der Waals surface area contributed by atoms with Gasteiger partial charge in [0.25, 0.3) is 0 Å². The summed E-state index contributed by atoms with van der Waals surface area (Å²) in [6.07, 6.45) is 2.34. The van der Waals surface area contributed by atoms with Crippen LogP contribution in [0.4, 0.5) is 0 Å². The number of para-hydroxylation sites is 1. The Morgan fingerprint density at radius 1 is 1.12 bits per heavy atom. The zero-order valence-corrected chi connectivity index (χ0v) is 14.0. The number of nitrogens with zero attached hydrogens (tertiary/aromatic N) is 1. The van der Waals surface area contributed by atoms with Crippen LogP contribution in [0.25, 0.3) is 10.9 Å². The molecule has 3 heteroatoms. The number of rotatable bonds is 3. The Labute approximate surface area is 142 Å². The molecule has 4 rings (SSSR count). The zero-order chi connectivity index (χ0) is 16.5. The molecule has 0 radical (unpaired) electrons. The lowest BCUT2D eigenvalue weighted by atomic mass is 9.92. The molecule has 1 aliphatic heterocycles. The Hall–Kier alpha value is -2.55. The second-order valence-electron chi connectivity index (χ2n) is 6.46. The van der Waals surface area contributed by atoms with Crippen LogP contribution >= 0.6 is 0 Å². The molecular formula is C21H22N2O. The molecule has 1 unspecified atom stereocenters. The molecule has 24 heavy (non-hydrogen) atoms. The van der Waals surface area contributed by atoms with Crippen molar-refractivity contribution >= 4 is 16.8 Å². The molecule has 0 bridgehead atoms. The van der Waals surface area contributed by atoms with Gasteiger partial charge in [-0.3, -0.25) is 4.79 Å². The summed E-state index contributed by atoms with van der Waals surface area (Å²) in [6, 6.07) is 19.0. The number of nitrogens with one attached hydrogen (secondary N) is 1. The van der Waals surface area contributed by atoms with E-state index in [1.807, 2.05) is 13.0 Å². The Morgan fingerprint density at radius 2 is 1.88 bits per heavy atom. The number of benzene rings is 2. The van der Waals surface area contributed by atoms with E-state index in [9.17, 15) is 4.79 Å². The van der Waals surface area contributed by atoms with Crippen molar-refractivity contribution in [3.63, 3.8) is 0 Å². The first-order chi connectivity index (χ1) is 11.8. The molecule has 2 heterocycles. The lowest BCUT2D eigenvalue weighted by Gasteiger charge is -2.36. The van der Waals surface area contributed by atoms with Gasteiger partial charge in [-0.2, -0.15) is 0 Å². The predicted molar refractivity (Wildman–Crippen MR) is 96.9 cm³/mol. The SMILES string of the molecule is CCC(=O)N1CCc2c([nH]c3ccccc23)C1Cc1ccccc1. The van der Waals surface area contributed by atoms with E-state index < -0.39 is 0 Å². The number of aromatic nitrogens is 1. The van der Waals surface area contributed by atoms with Crippen LogP contribution in [0.3, 0.4) is 0 Å². The van der Waals surface area contributed by atoms with E-state index in [4.69, 9.17) is 0 Å². The number of fused-ring (bicyclic) bond motifs is 3. The van der Waals surface area contributed by atoms with Crippen LogP contribution in [-0.4, -0.2) is 22.3 Å². The molecule has 0 saturated carbocycles. The summed E-state index contributed by atoms with van der Waals surface area (Å²) in [7, 11) is 0. The first-order valence-corrected chi connectivity index (χ1v) is 8.70. The summed E-state index contributed by atoms with van der Waals surface area (Å²) >= 11 is 0. The second-order valence-corrected chi connectivity index (χ2v) is 6.46. The minimum Gasteiger partial charge on any atom is -0.356 e. The Balaban J connectivity index is 1.80. The van der Waals surface area contributed by atoms with E-state index in [0.29, 0.717) is 6.42 Å². The summed E-state index contributed by atoms with van der Waals surface area (Å²) < 4.78 is 0. The summed E-state index contributed by atoms with van der Waals surface area (Å²) in [4.78, 5) is 18.2. The van der Waals surface area contributed by atoms with Crippen molar-refractivity contribution in [2.24, 2.45) is 0 Å². The van der Waals surface area contributed by atoms with Gasteiger partial charge in [-0.15, -0.1) is 0 Å². The van der Waals surface area contributed by atoms with Crippen molar-refractivity contribution in [3.8, 4) is 0 Å². The van der Waals surface area contributed by atoms with E-state index in [0.717, 1.165) is 19.4 Å². The van der Waals surface area contributed by atoms with E-state index in [1.165, 1.54) is 27.7 Å². The minimum atomic E-state index is 0.0935. The number of carbonyl (C=O) groups excluding carboxylic acids is 1. The topological polar surface area (TPSA) is 36.1 Å². The lowest BCUT2D eigenvalue weighted by Crippen LogP contribution is -2.40. The van der Waals surface area contributed by atoms with Crippen molar-refractivity contribution in [1.29, 1.82) is 0 Å². The highest BCUT2D eigenvalue weighted by Gasteiger charge is 2.32. The molecule has 1 aromatic heterocycles. The zero-order valence-electron chi connectivity index (χ0n) is 14.0. The monoisotopic (exact) mass is 318 g/mol. The van der Waals surface area contributed by atoms with Crippen molar-refractivity contribution in [2.45, 2.75) is 32.2 Å². The van der Waals surface area contributed by atoms with Gasteiger partial charge in [0.1, 0.15) is 0 Å². The first-order valence-electron chi connectivity index (χ1n) is 8.70. The highest BCUT2D eigenvalue weighted by molar-refractivity contribution is 5.86. The maximum Gasteiger partial charge on any atom is 0.222 e. The lowest BCUT2D eigenvalue weighted by molar-refractivity contribution is -0.133. The normalized spacial score (nSPS) is 17.0. The number of hydrogen-bond acceptors (Lipinski definition) is 1. The largest absolute Gasteiger partial charge is 0.356 e. The maximum absolute atomic E-state index is 12.5. The van der Waals surface area contributed by atoms with Gasteiger partial charge in [-0.1, -0.05) is 55.5 Å². The van der Waals surface area contributed by atoms with Crippen LogP contribution in [0.1, 0.15) is 36.2 Å². The summed E-state index contributed by atoms with van der Waals surface area (Å²) in [5.41, 5.74) is 5.04. The number of carbonyl (C=O) groups is 1. The van der Waals surface area contributed by atoms with Gasteiger partial charge in [0, 0.05) is 29.6 Å². The van der Waals surface area contributed by atoms with Gasteiger partial charge in [-0.25, -0.2) is 0 Å². The predicted octanol–water partition coefficient (Wildman–Crippen LogP) is 4.25. The molecule has 2 aromatic carbocycles. The average Bonchev–Trinajstić information content (AvgIpc) is 3.01. The summed E-state index contributed by atoms with van der Waals surface area (Å²) in [5.74, 6) is 0.236. The van der Waals surface area contributed by atoms with Gasteiger partial charge in [-0.05, 0) is 30.0 Å². The molecule has 3 aromatic rings. The molecule has 1 amide bonds. The van der Waals surface area contributed by atoms with E-state index >= 15 is 0 Å². The summed E-state index contributed by atoms with van der Waals surface area (Å²) in [5, 5.41) is 1.30. The quantitative estimate of drug-likeness (QED) is 0.770. The van der Waals surface area contributed by atoms with E-state index in [2.05, 4.69) is 58.4 Å². The molecule has 0 fully saturated rings. The van der Waals surface area contributed by atoms with Crippen LogP contribution in [0.15, 0.2) is 54.6 Å². The first kappa shape index (κ1) is 15.0. The highest BCUT2D eigenvalue weighted by atomic mass is 16.2. The van der Waals surface area contributed by atoms with Crippen molar-refractivity contribution < 1.29 is 4.79 Å². The van der Waals surface area contributed by atoms with Crippen LogP contribution in [0.2, 0.25) is 0 Å². The number of H-pyrrole nitrogens is 1. The molecule has 3 nitrogen and oxygen atoms in total. The molecule has 122 valence electrons. The molecule has 1 N–H and O–H groups in total. The van der Waals surface area contributed by atoms with Crippen LogP contribution in [-0.2, 0) is 17.6 Å². The molecule has 1 atom stereocenters. The van der Waals surface area contributed by atoms with Crippen molar-refractivity contribution in [2.75, 3.05) is 6.54 Å². The standard InChI is InChI=1S/C21H22N2O/c1-2-20(24)23-13-12-17-16-10-6-7-11-18(16)22-21(17)19(23)14-15-8-4-3-5-9-15/h3-11,19,22H,2,12-14H2,1H3. The number of aromatic amines is 1. The third-order valence-electron chi connectivity index (χ3n) is 5.05. The van der Waals surface area contributed by atoms with Gasteiger partial charge < -0.3 is 9.88 Å². The maximum atomic E-state index is 12.5. The van der Waals surface area contributed by atoms with Gasteiger partial charge in [0.2, 0.25) is 5.91 Å². The third kappa shape index (κ3) is 2.50. The fourth-order valence-corrected chi connectivity index (χ4v) is 3.87. The molecule has 0 spiro atoms. The number of hydrogen-bond donors (Lipinski definition) is 1. The third-order valence-corrected chi connectivity index (χ3v) is 5.05. The van der Waals surface area contributed by atoms with Crippen LogP contribution < -0.4 is 0 Å². The van der Waals surface area contributed by atoms with Crippen molar-refractivity contribution in [3.05, 3.63) is 71.4 Å². The summed E-state index contributed by atoms with van der Waals surface area (Å²) in [6.45, 7) is 2.75. The van der Waals surface area contributed by atoms with E-state index in [-0.39, 0.29) is 11.9 Å². The van der Waals surface area contributed by atoms with Gasteiger partial charge in [0.05, 0.1) is 6.04 Å². The molecule has 1 aliphatic rings.